The molecule has 0 atom stereocenters. The number of halogens is 3. The average molecular weight is 470 g/mol. The predicted molar refractivity (Wildman–Crippen MR) is 122 cm³/mol. The maximum atomic E-state index is 14.0. The number of nitrogens with one attached hydrogen (secondary N) is 1. The number of nitrogens with two attached hydrogens (primary N) is 1. The Morgan fingerprint density at radius 1 is 1.03 bits per heavy atom. The molecule has 2 aromatic carbocycles. The van der Waals surface area contributed by atoms with Gasteiger partial charge in [-0.05, 0) is 30.3 Å². The second kappa shape index (κ2) is 8.99. The number of anilines is 2. The molecule has 10 heteroatoms. The van der Waals surface area contributed by atoms with Gasteiger partial charge in [-0.3, -0.25) is 14.2 Å². The number of fused-ring (bicyclic) bond motifs is 1. The minimum atomic E-state index is -4.81. The highest BCUT2D eigenvalue weighted by molar-refractivity contribution is 7.99. The quantitative estimate of drug-likeness (QED) is 0.398. The van der Waals surface area contributed by atoms with Gasteiger partial charge in [-0.1, -0.05) is 48.2 Å². The van der Waals surface area contributed by atoms with Crippen molar-refractivity contribution in [2.45, 2.75) is 11.2 Å². The molecule has 0 saturated carbocycles. The lowest BCUT2D eigenvalue weighted by atomic mass is 10.1. The van der Waals surface area contributed by atoms with Crippen molar-refractivity contribution >= 4 is 40.2 Å². The van der Waals surface area contributed by atoms with E-state index in [1.54, 1.807) is 54.6 Å². The third kappa shape index (κ3) is 4.85. The van der Waals surface area contributed by atoms with E-state index in [0.29, 0.717) is 11.4 Å². The van der Waals surface area contributed by atoms with Crippen LogP contribution in [0.3, 0.4) is 0 Å². The van der Waals surface area contributed by atoms with Crippen molar-refractivity contribution in [3.63, 3.8) is 0 Å². The summed E-state index contributed by atoms with van der Waals surface area (Å²) in [4.78, 5) is 28.5. The number of aromatic nitrogens is 2. The van der Waals surface area contributed by atoms with Crippen LogP contribution in [0.5, 0.6) is 0 Å². The van der Waals surface area contributed by atoms with E-state index < -0.39 is 28.5 Å². The van der Waals surface area contributed by atoms with Gasteiger partial charge >= 0.3 is 6.18 Å². The van der Waals surface area contributed by atoms with Gasteiger partial charge in [0.15, 0.2) is 11.1 Å². The standard InChI is InChI=1S/C23H17F3N4O2S/c24-23(25,26)16-11-20(33-13-18(27)32)29-22-21(16)17(31)12-19(28-14-7-3-1-4-8-14)30(22)15-9-5-2-6-10-15/h1-12,28H,13H2,(H2,27,32). The maximum absolute atomic E-state index is 14.0. The topological polar surface area (TPSA) is 90.0 Å². The highest BCUT2D eigenvalue weighted by atomic mass is 32.2. The Morgan fingerprint density at radius 2 is 1.67 bits per heavy atom. The molecular formula is C23H17F3N4O2S. The molecular weight excluding hydrogens is 453 g/mol. The number of alkyl halides is 3. The van der Waals surface area contributed by atoms with Crippen molar-refractivity contribution in [1.82, 2.24) is 9.55 Å². The van der Waals surface area contributed by atoms with Gasteiger partial charge in [-0.2, -0.15) is 13.2 Å². The highest BCUT2D eigenvalue weighted by Gasteiger charge is 2.35. The number of hydrogen-bond donors (Lipinski definition) is 2. The lowest BCUT2D eigenvalue weighted by Gasteiger charge is -2.20. The molecule has 0 aliphatic carbocycles. The van der Waals surface area contributed by atoms with E-state index in [2.05, 4.69) is 10.3 Å². The molecule has 2 aromatic heterocycles. The van der Waals surface area contributed by atoms with Crippen LogP contribution in [-0.2, 0) is 11.0 Å². The Hall–Kier alpha value is -3.79. The number of para-hydroxylation sites is 2. The molecule has 0 bridgehead atoms. The normalized spacial score (nSPS) is 11.5. The molecule has 0 aliphatic heterocycles. The fourth-order valence-corrected chi connectivity index (χ4v) is 3.97. The van der Waals surface area contributed by atoms with Crippen LogP contribution in [0.1, 0.15) is 5.56 Å². The van der Waals surface area contributed by atoms with Crippen molar-refractivity contribution < 1.29 is 18.0 Å². The molecule has 0 fully saturated rings. The summed E-state index contributed by atoms with van der Waals surface area (Å²) in [5, 5.41) is 2.46. The molecule has 3 N–H and O–H groups in total. The molecule has 33 heavy (non-hydrogen) atoms. The number of hydrogen-bond acceptors (Lipinski definition) is 5. The Balaban J connectivity index is 2.07. The number of thioether (sulfide) groups is 1. The first-order valence-corrected chi connectivity index (χ1v) is 10.7. The van der Waals surface area contributed by atoms with Crippen LogP contribution in [0, 0.1) is 0 Å². The van der Waals surface area contributed by atoms with E-state index in [1.165, 1.54) is 4.57 Å². The molecule has 0 unspecified atom stereocenters. The molecule has 0 aliphatic rings. The van der Waals surface area contributed by atoms with Crippen LogP contribution < -0.4 is 16.5 Å². The maximum Gasteiger partial charge on any atom is 0.417 e. The van der Waals surface area contributed by atoms with Gasteiger partial charge in [0.2, 0.25) is 5.91 Å². The summed E-state index contributed by atoms with van der Waals surface area (Å²) in [5.74, 6) is -0.717. The first-order chi connectivity index (χ1) is 15.7. The number of carbonyl (C=O) groups is 1. The Labute approximate surface area is 190 Å². The Kier molecular flexibility index (Phi) is 6.10. The molecule has 0 saturated heterocycles. The molecule has 4 aromatic rings. The fourth-order valence-electron chi connectivity index (χ4n) is 3.33. The number of primary amides is 1. The molecule has 0 radical (unpaired) electrons. The van der Waals surface area contributed by atoms with Crippen LogP contribution in [0.4, 0.5) is 24.7 Å². The zero-order valence-corrected chi connectivity index (χ0v) is 17.8. The minimum absolute atomic E-state index is 0.0745. The monoisotopic (exact) mass is 470 g/mol. The SMILES string of the molecule is NC(=O)CSc1cc(C(F)(F)F)c2c(=O)cc(Nc3ccccc3)n(-c3ccccc3)c2n1. The van der Waals surface area contributed by atoms with E-state index in [4.69, 9.17) is 5.73 Å². The molecule has 1 amide bonds. The number of benzene rings is 2. The zero-order valence-electron chi connectivity index (χ0n) is 17.0. The predicted octanol–water partition coefficient (Wildman–Crippen LogP) is 4.73. The van der Waals surface area contributed by atoms with Gasteiger partial charge in [0, 0.05) is 17.4 Å². The van der Waals surface area contributed by atoms with Gasteiger partial charge in [-0.25, -0.2) is 4.98 Å². The van der Waals surface area contributed by atoms with Crippen LogP contribution in [0.2, 0.25) is 0 Å². The summed E-state index contributed by atoms with van der Waals surface area (Å²) in [6.45, 7) is 0. The van der Waals surface area contributed by atoms with Crippen molar-refractivity contribution in [2.24, 2.45) is 5.73 Å². The molecule has 0 spiro atoms. The van der Waals surface area contributed by atoms with Gasteiger partial charge in [0.05, 0.1) is 21.7 Å². The second-order valence-electron chi connectivity index (χ2n) is 7.02. The van der Waals surface area contributed by atoms with Crippen molar-refractivity contribution in [3.05, 3.63) is 88.6 Å². The molecule has 4 rings (SSSR count). The van der Waals surface area contributed by atoms with Gasteiger partial charge in [0.1, 0.15) is 5.82 Å². The third-order valence-electron chi connectivity index (χ3n) is 4.67. The number of amides is 1. The van der Waals surface area contributed by atoms with Gasteiger partial charge in [-0.15, -0.1) is 0 Å². The van der Waals surface area contributed by atoms with Gasteiger partial charge in [0.25, 0.3) is 0 Å². The summed E-state index contributed by atoms with van der Waals surface area (Å²) in [6.07, 6.45) is -4.81. The Morgan fingerprint density at radius 3 is 2.27 bits per heavy atom. The minimum Gasteiger partial charge on any atom is -0.369 e. The van der Waals surface area contributed by atoms with Crippen molar-refractivity contribution in [1.29, 1.82) is 0 Å². The molecule has 2 heterocycles. The van der Waals surface area contributed by atoms with E-state index in [1.807, 2.05) is 6.07 Å². The number of pyridine rings is 2. The summed E-state index contributed by atoms with van der Waals surface area (Å²) in [6, 6.07) is 19.4. The fraction of sp³-hybridized carbons (Fsp3) is 0.0870. The van der Waals surface area contributed by atoms with Crippen LogP contribution in [-0.4, -0.2) is 21.2 Å². The van der Waals surface area contributed by atoms with E-state index in [-0.39, 0.29) is 22.2 Å². The number of nitrogens with zero attached hydrogens (tertiary/aromatic N) is 2. The highest BCUT2D eigenvalue weighted by Crippen LogP contribution is 2.37. The van der Waals surface area contributed by atoms with Gasteiger partial charge < -0.3 is 11.1 Å². The zero-order chi connectivity index (χ0) is 23.6. The van der Waals surface area contributed by atoms with Crippen molar-refractivity contribution in [2.75, 3.05) is 11.1 Å². The van der Waals surface area contributed by atoms with Crippen LogP contribution in [0.15, 0.2) is 82.6 Å². The Bertz CT molecular complexity index is 1370. The largest absolute Gasteiger partial charge is 0.417 e. The lowest BCUT2D eigenvalue weighted by molar-refractivity contribution is -0.136. The van der Waals surface area contributed by atoms with Crippen LogP contribution >= 0.6 is 11.8 Å². The number of carbonyl (C=O) groups excluding carboxylic acids is 1. The van der Waals surface area contributed by atoms with Crippen LogP contribution in [0.25, 0.3) is 16.7 Å². The lowest BCUT2D eigenvalue weighted by Crippen LogP contribution is -2.19. The summed E-state index contributed by atoms with van der Waals surface area (Å²) < 4.78 is 43.3. The van der Waals surface area contributed by atoms with E-state index >= 15 is 0 Å². The molecule has 168 valence electrons. The third-order valence-corrected chi connectivity index (χ3v) is 5.61. The first-order valence-electron chi connectivity index (χ1n) is 9.70. The summed E-state index contributed by atoms with van der Waals surface area (Å²) in [5.41, 5.74) is 4.15. The van der Waals surface area contributed by atoms with E-state index in [0.717, 1.165) is 23.9 Å². The summed E-state index contributed by atoms with van der Waals surface area (Å²) >= 11 is 0.772. The smallest absolute Gasteiger partial charge is 0.369 e. The second-order valence-corrected chi connectivity index (χ2v) is 8.01. The van der Waals surface area contributed by atoms with Crippen molar-refractivity contribution in [3.8, 4) is 5.69 Å². The van der Waals surface area contributed by atoms with E-state index in [9.17, 15) is 22.8 Å². The molecule has 6 nitrogen and oxygen atoms in total. The average Bonchev–Trinajstić information content (AvgIpc) is 2.78. The summed E-state index contributed by atoms with van der Waals surface area (Å²) in [7, 11) is 0. The first kappa shape index (κ1) is 22.4. The number of rotatable bonds is 6.